The first-order valence-electron chi connectivity index (χ1n) is 7.39. The molecule has 1 N–H and O–H groups in total. The van der Waals surface area contributed by atoms with E-state index in [2.05, 4.69) is 35.1 Å². The lowest BCUT2D eigenvalue weighted by atomic mass is 10.0. The Morgan fingerprint density at radius 3 is 2.52 bits per heavy atom. The van der Waals surface area contributed by atoms with Crippen molar-refractivity contribution in [3.05, 3.63) is 14.7 Å². The van der Waals surface area contributed by atoms with E-state index in [-0.39, 0.29) is 0 Å². The summed E-state index contributed by atoms with van der Waals surface area (Å²) in [6.45, 7) is 6.25. The molecule has 2 heterocycles. The van der Waals surface area contributed by atoms with Crippen LogP contribution in [0.25, 0.3) is 0 Å². The third-order valence-electron chi connectivity index (χ3n) is 4.42. The van der Waals surface area contributed by atoms with Gasteiger partial charge in [-0.05, 0) is 46.7 Å². The van der Waals surface area contributed by atoms with Crippen molar-refractivity contribution in [1.82, 2.24) is 9.62 Å². The fourth-order valence-electron chi connectivity index (χ4n) is 2.61. The van der Waals surface area contributed by atoms with Crippen molar-refractivity contribution in [2.45, 2.75) is 44.2 Å². The number of sulfonamides is 1. The van der Waals surface area contributed by atoms with Gasteiger partial charge in [-0.1, -0.05) is 13.8 Å². The molecule has 2 aliphatic rings. The summed E-state index contributed by atoms with van der Waals surface area (Å²) >= 11 is 4.96. The van der Waals surface area contributed by atoms with Crippen LogP contribution >= 0.6 is 27.3 Å². The second-order valence-corrected chi connectivity index (χ2v) is 10.6. The Hall–Kier alpha value is 0.0500. The molecule has 7 heteroatoms. The molecule has 118 valence electrons. The zero-order valence-electron chi connectivity index (χ0n) is 12.3. The molecule has 21 heavy (non-hydrogen) atoms. The van der Waals surface area contributed by atoms with Crippen molar-refractivity contribution in [3.8, 4) is 0 Å². The number of nitrogens with zero attached hydrogens (tertiary/aromatic N) is 1. The highest BCUT2D eigenvalue weighted by molar-refractivity contribution is 9.11. The van der Waals surface area contributed by atoms with E-state index in [0.717, 1.165) is 15.2 Å². The first kappa shape index (κ1) is 15.9. The van der Waals surface area contributed by atoms with Gasteiger partial charge in [0.05, 0.1) is 3.79 Å². The Bertz CT molecular complexity index is 615. The molecule has 1 aromatic heterocycles. The van der Waals surface area contributed by atoms with Crippen molar-refractivity contribution >= 4 is 37.3 Å². The van der Waals surface area contributed by atoms with Crippen LogP contribution in [0.4, 0.5) is 0 Å². The van der Waals surface area contributed by atoms with Gasteiger partial charge in [0.25, 0.3) is 0 Å². The Balaban J connectivity index is 1.78. The normalized spacial score (nSPS) is 27.4. The van der Waals surface area contributed by atoms with Crippen LogP contribution in [-0.4, -0.2) is 31.9 Å². The van der Waals surface area contributed by atoms with Gasteiger partial charge in [-0.3, -0.25) is 0 Å². The quantitative estimate of drug-likeness (QED) is 0.837. The molecule has 1 aromatic rings. The molecule has 2 fully saturated rings. The molecule has 2 unspecified atom stereocenters. The molecular formula is C14H21BrN2O2S2. The van der Waals surface area contributed by atoms with E-state index < -0.39 is 10.0 Å². The molecule has 2 atom stereocenters. The summed E-state index contributed by atoms with van der Waals surface area (Å²) in [5.41, 5.74) is 0. The van der Waals surface area contributed by atoms with Crippen LogP contribution in [-0.2, 0) is 16.6 Å². The van der Waals surface area contributed by atoms with Gasteiger partial charge in [0.2, 0.25) is 10.0 Å². The predicted molar refractivity (Wildman–Crippen MR) is 89.0 cm³/mol. The first-order chi connectivity index (χ1) is 9.88. The van der Waals surface area contributed by atoms with Gasteiger partial charge in [0, 0.05) is 30.6 Å². The van der Waals surface area contributed by atoms with E-state index in [1.54, 1.807) is 4.31 Å². The zero-order chi connectivity index (χ0) is 15.2. The number of hydrogen-bond acceptors (Lipinski definition) is 4. The van der Waals surface area contributed by atoms with Crippen LogP contribution < -0.4 is 5.32 Å². The van der Waals surface area contributed by atoms with Gasteiger partial charge in [-0.15, -0.1) is 11.3 Å². The van der Waals surface area contributed by atoms with Crippen molar-refractivity contribution < 1.29 is 8.42 Å². The molecule has 1 aliphatic carbocycles. The summed E-state index contributed by atoms with van der Waals surface area (Å²) in [4.78, 5) is 1.51. The predicted octanol–water partition coefficient (Wildman–Crippen LogP) is 3.04. The Labute approximate surface area is 139 Å². The maximum Gasteiger partial charge on any atom is 0.245 e. The Kier molecular flexibility index (Phi) is 4.49. The maximum absolute atomic E-state index is 12.8. The molecule has 3 rings (SSSR count). The minimum Gasteiger partial charge on any atom is -0.309 e. The van der Waals surface area contributed by atoms with E-state index in [1.165, 1.54) is 24.2 Å². The summed E-state index contributed by atoms with van der Waals surface area (Å²) < 4.78 is 27.9. The summed E-state index contributed by atoms with van der Waals surface area (Å²) in [7, 11) is -3.37. The number of hydrogen-bond donors (Lipinski definition) is 1. The molecule has 1 saturated carbocycles. The standard InChI is InChI=1S/C14H21BrN2O2S2/c1-9-7-17(8-10(9)2)21(18,19)13-5-12(20-14(13)15)6-16-11-3-4-11/h5,9-11,16H,3-4,6-8H2,1-2H3. The summed E-state index contributed by atoms with van der Waals surface area (Å²) in [6, 6.07) is 2.46. The number of thiophene rings is 1. The Morgan fingerprint density at radius 2 is 1.95 bits per heavy atom. The highest BCUT2D eigenvalue weighted by Gasteiger charge is 2.36. The lowest BCUT2D eigenvalue weighted by Crippen LogP contribution is -2.29. The zero-order valence-corrected chi connectivity index (χ0v) is 15.5. The van der Waals surface area contributed by atoms with E-state index in [9.17, 15) is 8.42 Å². The van der Waals surface area contributed by atoms with Gasteiger partial charge in [-0.25, -0.2) is 8.42 Å². The molecule has 0 aromatic carbocycles. The van der Waals surface area contributed by atoms with Crippen LogP contribution in [0.15, 0.2) is 14.7 Å². The van der Waals surface area contributed by atoms with Gasteiger partial charge in [-0.2, -0.15) is 4.31 Å². The lowest BCUT2D eigenvalue weighted by Gasteiger charge is -2.15. The lowest BCUT2D eigenvalue weighted by molar-refractivity contribution is 0.463. The molecule has 0 radical (unpaired) electrons. The average molecular weight is 393 g/mol. The van der Waals surface area contributed by atoms with E-state index in [0.29, 0.717) is 35.9 Å². The molecule has 1 saturated heterocycles. The van der Waals surface area contributed by atoms with Gasteiger partial charge < -0.3 is 5.32 Å². The van der Waals surface area contributed by atoms with Gasteiger partial charge in [0.15, 0.2) is 0 Å². The highest BCUT2D eigenvalue weighted by atomic mass is 79.9. The third-order valence-corrected chi connectivity index (χ3v) is 8.50. The fourth-order valence-corrected chi connectivity index (χ4v) is 6.83. The number of halogens is 1. The van der Waals surface area contributed by atoms with Gasteiger partial charge in [0.1, 0.15) is 4.90 Å². The van der Waals surface area contributed by atoms with E-state index in [4.69, 9.17) is 0 Å². The minimum atomic E-state index is -3.37. The maximum atomic E-state index is 12.8. The Morgan fingerprint density at radius 1 is 1.33 bits per heavy atom. The van der Waals surface area contributed by atoms with Crippen LogP contribution in [0, 0.1) is 11.8 Å². The van der Waals surface area contributed by atoms with Crippen LogP contribution in [0.3, 0.4) is 0 Å². The minimum absolute atomic E-state index is 0.424. The van der Waals surface area contributed by atoms with Crippen molar-refractivity contribution in [1.29, 1.82) is 0 Å². The van der Waals surface area contributed by atoms with Crippen molar-refractivity contribution in [2.24, 2.45) is 11.8 Å². The fraction of sp³-hybridized carbons (Fsp3) is 0.714. The van der Waals surface area contributed by atoms with Crippen LogP contribution in [0.5, 0.6) is 0 Å². The SMILES string of the molecule is CC1CN(S(=O)(=O)c2cc(CNC3CC3)sc2Br)CC1C. The summed E-state index contributed by atoms with van der Waals surface area (Å²) in [6.07, 6.45) is 2.47. The van der Waals surface area contributed by atoms with Crippen molar-refractivity contribution in [3.63, 3.8) is 0 Å². The third kappa shape index (κ3) is 3.37. The van der Waals surface area contributed by atoms with E-state index >= 15 is 0 Å². The number of rotatable bonds is 5. The summed E-state index contributed by atoms with van der Waals surface area (Å²) in [5.74, 6) is 0.848. The first-order valence-corrected chi connectivity index (χ1v) is 10.4. The molecule has 4 nitrogen and oxygen atoms in total. The highest BCUT2D eigenvalue weighted by Crippen LogP contribution is 2.36. The van der Waals surface area contributed by atoms with Gasteiger partial charge >= 0.3 is 0 Å². The summed E-state index contributed by atoms with van der Waals surface area (Å²) in [5, 5.41) is 3.43. The van der Waals surface area contributed by atoms with E-state index in [1.807, 2.05) is 6.07 Å². The van der Waals surface area contributed by atoms with Crippen molar-refractivity contribution in [2.75, 3.05) is 13.1 Å². The molecule has 0 bridgehead atoms. The second kappa shape index (κ2) is 5.92. The van der Waals surface area contributed by atoms with Crippen LogP contribution in [0.1, 0.15) is 31.6 Å². The molecule has 0 spiro atoms. The average Bonchev–Trinajstić information content (AvgIpc) is 3.08. The smallest absolute Gasteiger partial charge is 0.245 e. The molecule has 0 amide bonds. The molecule has 1 aliphatic heterocycles. The molecular weight excluding hydrogens is 372 g/mol. The topological polar surface area (TPSA) is 49.4 Å². The second-order valence-electron chi connectivity index (χ2n) is 6.28. The number of nitrogens with one attached hydrogen (secondary N) is 1. The van der Waals surface area contributed by atoms with Crippen LogP contribution in [0.2, 0.25) is 0 Å². The largest absolute Gasteiger partial charge is 0.309 e. The monoisotopic (exact) mass is 392 g/mol.